The molecule has 40 heavy (non-hydrogen) atoms. The third-order valence-electron chi connectivity index (χ3n) is 6.77. The van der Waals surface area contributed by atoms with Crippen LogP contribution in [0.3, 0.4) is 0 Å². The molecule has 4 rings (SSSR count). The fraction of sp³-hybridized carbons (Fsp3) is 0.393. The molecule has 0 saturated carbocycles. The van der Waals surface area contributed by atoms with Gasteiger partial charge in [-0.1, -0.05) is 19.6 Å². The summed E-state index contributed by atoms with van der Waals surface area (Å²) in [6.07, 6.45) is 7.69. The number of benzene rings is 1. The Morgan fingerprint density at radius 1 is 1.25 bits per heavy atom. The number of urea groups is 1. The largest absolute Gasteiger partial charge is 0.494 e. The molecule has 0 saturated heterocycles. The van der Waals surface area contributed by atoms with Crippen LogP contribution in [0.4, 0.5) is 33.6 Å². The maximum atomic E-state index is 13.2. The first kappa shape index (κ1) is 28.6. The van der Waals surface area contributed by atoms with Gasteiger partial charge in [0.1, 0.15) is 17.4 Å². The van der Waals surface area contributed by atoms with Crippen LogP contribution in [0.2, 0.25) is 0 Å². The molecule has 3 amide bonds. The number of anilines is 5. The molecule has 0 radical (unpaired) electrons. The molecule has 212 valence electrons. The van der Waals surface area contributed by atoms with Gasteiger partial charge in [0.25, 0.3) is 0 Å². The topological polar surface area (TPSA) is 119 Å². The molecule has 0 spiro atoms. The predicted octanol–water partition coefficient (Wildman–Crippen LogP) is 3.47. The van der Waals surface area contributed by atoms with Crippen LogP contribution in [-0.4, -0.2) is 92.0 Å². The van der Waals surface area contributed by atoms with Gasteiger partial charge in [-0.3, -0.25) is 19.6 Å². The number of methoxy groups -OCH3 is 1. The van der Waals surface area contributed by atoms with Crippen LogP contribution in [0.1, 0.15) is 18.9 Å². The van der Waals surface area contributed by atoms with Gasteiger partial charge in [-0.15, -0.1) is 0 Å². The minimum absolute atomic E-state index is 0.0904. The molecule has 0 aliphatic carbocycles. The summed E-state index contributed by atoms with van der Waals surface area (Å²) >= 11 is 0. The number of aromatic nitrogens is 2. The molecule has 1 unspecified atom stereocenters. The zero-order chi connectivity index (χ0) is 29.0. The van der Waals surface area contributed by atoms with E-state index in [0.29, 0.717) is 35.3 Å². The van der Waals surface area contributed by atoms with Gasteiger partial charge in [-0.05, 0) is 38.7 Å². The zero-order valence-corrected chi connectivity index (χ0v) is 23.9. The van der Waals surface area contributed by atoms with Crippen molar-refractivity contribution in [2.24, 2.45) is 4.99 Å². The van der Waals surface area contributed by atoms with Gasteiger partial charge in [-0.25, -0.2) is 9.78 Å². The summed E-state index contributed by atoms with van der Waals surface area (Å²) < 4.78 is 5.68. The Labute approximate surface area is 235 Å². The number of aliphatic imine (C=N–C) groups is 1. The number of hydrogen-bond donors (Lipinski definition) is 2. The van der Waals surface area contributed by atoms with Crippen molar-refractivity contribution in [2.45, 2.75) is 25.9 Å². The minimum atomic E-state index is -0.333. The molecule has 2 aliphatic heterocycles. The van der Waals surface area contributed by atoms with Crippen LogP contribution in [0, 0.1) is 0 Å². The monoisotopic (exact) mass is 547 g/mol. The van der Waals surface area contributed by atoms with E-state index in [2.05, 4.69) is 44.0 Å². The normalized spacial score (nSPS) is 16.1. The van der Waals surface area contributed by atoms with E-state index < -0.39 is 0 Å². The average Bonchev–Trinajstić information content (AvgIpc) is 3.43. The zero-order valence-electron chi connectivity index (χ0n) is 23.9. The summed E-state index contributed by atoms with van der Waals surface area (Å²) in [6.45, 7) is 7.51. The van der Waals surface area contributed by atoms with Crippen molar-refractivity contribution in [3.8, 4) is 5.75 Å². The van der Waals surface area contributed by atoms with Crippen molar-refractivity contribution in [3.63, 3.8) is 0 Å². The van der Waals surface area contributed by atoms with E-state index in [4.69, 9.17) is 4.74 Å². The third-order valence-corrected chi connectivity index (χ3v) is 6.77. The van der Waals surface area contributed by atoms with Crippen molar-refractivity contribution < 1.29 is 14.3 Å². The Morgan fingerprint density at radius 3 is 2.67 bits per heavy atom. The van der Waals surface area contributed by atoms with E-state index in [0.717, 1.165) is 30.8 Å². The standard InChI is InChI=1S/C28H37N9O3/c1-8-19-10-11-24(30-19)37-17-18-16-29-27(33-26(18)36(6)28(37)39)32-21-14-20(31-25(38)9-2)22(15-23(21)40-7)35(5)13-12-34(3)4/h9-11,14-16,19H,2,8,12-13,17H2,1,3-7H3,(H,31,38)(H,29,32,33). The molecular formula is C28H37N9O3. The summed E-state index contributed by atoms with van der Waals surface area (Å²) in [7, 11) is 9.22. The minimum Gasteiger partial charge on any atom is -0.494 e. The number of likely N-dealkylation sites (N-methyl/N-ethyl adjacent to an activating group) is 2. The molecule has 2 aromatic rings. The maximum Gasteiger partial charge on any atom is 0.331 e. The Kier molecular flexibility index (Phi) is 8.68. The van der Waals surface area contributed by atoms with Crippen LogP contribution in [0.25, 0.3) is 0 Å². The van der Waals surface area contributed by atoms with Gasteiger partial charge in [0.2, 0.25) is 11.9 Å². The van der Waals surface area contributed by atoms with Crippen molar-refractivity contribution in [2.75, 3.05) is 68.8 Å². The highest BCUT2D eigenvalue weighted by molar-refractivity contribution is 6.10. The Hall–Kier alpha value is -4.45. The molecule has 1 aromatic carbocycles. The molecule has 12 heteroatoms. The molecule has 12 nitrogen and oxygen atoms in total. The van der Waals surface area contributed by atoms with Gasteiger partial charge in [0.05, 0.1) is 36.8 Å². The lowest BCUT2D eigenvalue weighted by molar-refractivity contribution is -0.111. The first-order chi connectivity index (χ1) is 19.1. The molecule has 1 aromatic heterocycles. The van der Waals surface area contributed by atoms with Gasteiger partial charge in [0, 0.05) is 45.0 Å². The first-order valence-corrected chi connectivity index (χ1v) is 13.1. The smallest absolute Gasteiger partial charge is 0.331 e. The Morgan fingerprint density at radius 2 is 2.02 bits per heavy atom. The summed E-state index contributed by atoms with van der Waals surface area (Å²) in [5.41, 5.74) is 2.71. The van der Waals surface area contributed by atoms with Crippen molar-refractivity contribution in [1.82, 2.24) is 19.8 Å². The van der Waals surface area contributed by atoms with Crippen LogP contribution in [0.5, 0.6) is 5.75 Å². The van der Waals surface area contributed by atoms with E-state index in [-0.39, 0.29) is 23.9 Å². The van der Waals surface area contributed by atoms with Crippen LogP contribution in [-0.2, 0) is 11.3 Å². The summed E-state index contributed by atoms with van der Waals surface area (Å²) in [5, 5.41) is 6.08. The van der Waals surface area contributed by atoms with Gasteiger partial charge < -0.3 is 25.2 Å². The molecule has 1 atom stereocenters. The summed E-state index contributed by atoms with van der Waals surface area (Å²) in [6, 6.07) is 3.50. The highest BCUT2D eigenvalue weighted by Crippen LogP contribution is 2.38. The van der Waals surface area contributed by atoms with Crippen LogP contribution >= 0.6 is 0 Å². The lowest BCUT2D eigenvalue weighted by Gasteiger charge is -2.33. The van der Waals surface area contributed by atoms with E-state index in [9.17, 15) is 9.59 Å². The molecule has 3 heterocycles. The maximum absolute atomic E-state index is 13.2. The number of carbonyl (C=O) groups is 2. The first-order valence-electron chi connectivity index (χ1n) is 13.1. The number of nitrogens with one attached hydrogen (secondary N) is 2. The quantitative estimate of drug-likeness (QED) is 0.434. The second kappa shape index (κ2) is 12.2. The van der Waals surface area contributed by atoms with Gasteiger partial charge >= 0.3 is 6.03 Å². The fourth-order valence-electron chi connectivity index (χ4n) is 4.41. The van der Waals surface area contributed by atoms with Crippen molar-refractivity contribution in [3.05, 3.63) is 48.7 Å². The number of hydrogen-bond acceptors (Lipinski definition) is 9. The summed E-state index contributed by atoms with van der Waals surface area (Å²) in [4.78, 5) is 46.5. The predicted molar refractivity (Wildman–Crippen MR) is 159 cm³/mol. The molecule has 2 aliphatic rings. The van der Waals surface area contributed by atoms with E-state index in [1.54, 1.807) is 31.3 Å². The number of nitrogens with zero attached hydrogens (tertiary/aromatic N) is 7. The van der Waals surface area contributed by atoms with Gasteiger partial charge in [0.15, 0.2) is 0 Å². The van der Waals surface area contributed by atoms with Crippen molar-refractivity contribution >= 4 is 46.6 Å². The molecule has 2 N–H and O–H groups in total. The number of amides is 3. The molecule has 0 fully saturated rings. The van der Waals surface area contributed by atoms with Crippen molar-refractivity contribution in [1.29, 1.82) is 0 Å². The summed E-state index contributed by atoms with van der Waals surface area (Å²) in [5.74, 6) is 1.64. The number of carbonyl (C=O) groups excluding carboxylic acids is 2. The number of amidine groups is 1. The Balaban J connectivity index is 1.63. The highest BCUT2D eigenvalue weighted by atomic mass is 16.5. The third kappa shape index (κ3) is 6.07. The lowest BCUT2D eigenvalue weighted by atomic mass is 10.2. The number of fused-ring (bicyclic) bond motifs is 1. The second-order valence-corrected chi connectivity index (χ2v) is 9.91. The van der Waals surface area contributed by atoms with E-state index in [1.807, 2.05) is 44.3 Å². The average molecular weight is 548 g/mol. The SMILES string of the molecule is C=CC(=O)Nc1cc(Nc2ncc3c(n2)N(C)C(=O)N(C2=NC(CC)C=C2)C3)c(OC)cc1N(C)CCN(C)C. The molecule has 0 bridgehead atoms. The lowest BCUT2D eigenvalue weighted by Crippen LogP contribution is -2.47. The van der Waals surface area contributed by atoms with Crippen LogP contribution in [0.15, 0.2) is 48.1 Å². The Bertz CT molecular complexity index is 1350. The number of ether oxygens (including phenoxy) is 1. The second-order valence-electron chi connectivity index (χ2n) is 9.91. The number of rotatable bonds is 10. The van der Waals surface area contributed by atoms with Crippen LogP contribution < -0.4 is 25.2 Å². The highest BCUT2D eigenvalue weighted by Gasteiger charge is 2.33. The molecular weight excluding hydrogens is 510 g/mol. The van der Waals surface area contributed by atoms with E-state index >= 15 is 0 Å². The van der Waals surface area contributed by atoms with E-state index in [1.165, 1.54) is 11.0 Å². The fourth-order valence-corrected chi connectivity index (χ4v) is 4.41. The van der Waals surface area contributed by atoms with Gasteiger partial charge in [-0.2, -0.15) is 4.98 Å².